The molecule has 8 aromatic carbocycles. The van der Waals surface area contributed by atoms with Crippen molar-refractivity contribution in [3.63, 3.8) is 0 Å². The van der Waals surface area contributed by atoms with E-state index in [0.717, 1.165) is 83.8 Å². The number of aromatic nitrogens is 2. The van der Waals surface area contributed by atoms with Gasteiger partial charge in [0.25, 0.3) is 0 Å². The summed E-state index contributed by atoms with van der Waals surface area (Å²) in [5.41, 5.74) is 14.0. The summed E-state index contributed by atoms with van der Waals surface area (Å²) in [6.07, 6.45) is 2.02. The summed E-state index contributed by atoms with van der Waals surface area (Å²) in [6, 6.07) is 75.0. The van der Waals surface area contributed by atoms with Gasteiger partial charge >= 0.3 is 0 Å². The first kappa shape index (κ1) is 40.8. The van der Waals surface area contributed by atoms with Crippen LogP contribution in [0.15, 0.2) is 200 Å². The molecule has 314 valence electrons. The van der Waals surface area contributed by atoms with Crippen molar-refractivity contribution in [2.45, 2.75) is 26.2 Å². The maximum absolute atomic E-state index is 6.68. The smallest absolute Gasteiger partial charge is 0.135 e. The molecule has 11 rings (SSSR count). The maximum Gasteiger partial charge on any atom is 0.135 e. The van der Waals surface area contributed by atoms with Crippen molar-refractivity contribution in [3.8, 4) is 50.7 Å². The van der Waals surface area contributed by atoms with Gasteiger partial charge in [0.2, 0.25) is 0 Å². The van der Waals surface area contributed by atoms with E-state index in [9.17, 15) is 0 Å². The second kappa shape index (κ2) is 16.8. The molecule has 0 saturated heterocycles. The van der Waals surface area contributed by atoms with Crippen molar-refractivity contribution in [2.75, 3.05) is 9.80 Å². The molecule has 0 bridgehead atoms. The van der Waals surface area contributed by atoms with E-state index in [0.29, 0.717) is 11.5 Å². The summed E-state index contributed by atoms with van der Waals surface area (Å²) in [5, 5.41) is 2.21. The van der Waals surface area contributed by atoms with E-state index >= 15 is 0 Å². The molecule has 0 amide bonds. The average molecular weight is 1010 g/mol. The third-order valence-electron chi connectivity index (χ3n) is 11.9. The Morgan fingerprint density at radius 3 is 1.73 bits per heavy atom. The van der Waals surface area contributed by atoms with Gasteiger partial charge in [0.15, 0.2) is 0 Å². The number of ether oxygens (including phenoxy) is 1. The van der Waals surface area contributed by atoms with Gasteiger partial charge in [-0.3, -0.25) is 0 Å². The van der Waals surface area contributed by atoms with Gasteiger partial charge in [-0.1, -0.05) is 166 Å². The van der Waals surface area contributed by atoms with Gasteiger partial charge in [0.05, 0.1) is 0 Å². The van der Waals surface area contributed by atoms with Crippen molar-refractivity contribution in [3.05, 3.63) is 225 Å². The fraction of sp³-hybridized carbons (Fsp3) is 0.0690. The van der Waals surface area contributed by atoms with Gasteiger partial charge in [-0.2, -0.15) is 12.1 Å². The van der Waals surface area contributed by atoms with Crippen molar-refractivity contribution >= 4 is 44.6 Å². The van der Waals surface area contributed by atoms with Gasteiger partial charge in [0.1, 0.15) is 5.82 Å². The molecule has 6 heteroatoms. The average Bonchev–Trinajstić information content (AvgIpc) is 3.88. The topological polar surface area (TPSA) is 33.5 Å². The number of hydrogen-bond donors (Lipinski definition) is 0. The molecule has 1 aliphatic rings. The van der Waals surface area contributed by atoms with Crippen molar-refractivity contribution in [2.24, 2.45) is 0 Å². The number of hydrogen-bond acceptors (Lipinski definition) is 4. The molecule has 2 aromatic heterocycles. The van der Waals surface area contributed by atoms with E-state index in [4.69, 9.17) is 9.72 Å². The minimum atomic E-state index is -0.125. The molecule has 0 aliphatic carbocycles. The predicted molar refractivity (Wildman–Crippen MR) is 259 cm³/mol. The number of benzene rings is 8. The van der Waals surface area contributed by atoms with Gasteiger partial charge in [-0.25, -0.2) is 4.98 Å². The number of anilines is 4. The van der Waals surface area contributed by atoms with Crippen LogP contribution in [0.25, 0.3) is 61.0 Å². The Balaban J connectivity index is 0.00000484. The fourth-order valence-corrected chi connectivity index (χ4v) is 8.95. The first-order valence-corrected chi connectivity index (χ1v) is 21.4. The number of nitrogens with zero attached hydrogens (tertiary/aromatic N) is 4. The molecule has 0 atom stereocenters. The molecule has 64 heavy (non-hydrogen) atoms. The van der Waals surface area contributed by atoms with E-state index in [1.54, 1.807) is 0 Å². The fourth-order valence-electron chi connectivity index (χ4n) is 8.95. The number of pyridine rings is 1. The minimum absolute atomic E-state index is 0. The predicted octanol–water partition coefficient (Wildman–Crippen LogP) is 15.3. The van der Waals surface area contributed by atoms with Crippen molar-refractivity contribution in [1.29, 1.82) is 0 Å². The number of fused-ring (bicyclic) bond motifs is 4. The first-order chi connectivity index (χ1) is 30.9. The number of para-hydroxylation sites is 4. The molecule has 0 unspecified atom stereocenters. The van der Waals surface area contributed by atoms with E-state index in [1.807, 2.05) is 24.4 Å². The molecular weight excluding hydrogens is 964 g/mol. The molecule has 0 N–H and O–H groups in total. The van der Waals surface area contributed by atoms with Crippen LogP contribution in [-0.4, -0.2) is 9.55 Å². The van der Waals surface area contributed by atoms with Crippen LogP contribution in [0.4, 0.5) is 22.7 Å². The molecule has 0 fully saturated rings. The van der Waals surface area contributed by atoms with Crippen LogP contribution in [-0.2, 0) is 26.5 Å². The van der Waals surface area contributed by atoms with Crippen LogP contribution in [0.2, 0.25) is 0 Å². The third-order valence-corrected chi connectivity index (χ3v) is 11.9. The van der Waals surface area contributed by atoms with E-state index < -0.39 is 0 Å². The van der Waals surface area contributed by atoms with E-state index in [1.165, 1.54) is 5.56 Å². The third kappa shape index (κ3) is 7.36. The van der Waals surface area contributed by atoms with Gasteiger partial charge in [-0.15, -0.1) is 48.1 Å². The summed E-state index contributed by atoms with van der Waals surface area (Å²) in [5.74, 6) is 2.02. The SMILES string of the molecule is CC(C)(C)c1cc(-n2c3[c-]c(Oc4[c-]c(N5[CH-]N(c6c(-c7ccccc7)cccc6-c6ccccc6)c6ccccc65)ccc4)ccc3c3ccccc32)ncc1-c1ccccc1.[Pt]. The molecule has 3 heterocycles. The summed E-state index contributed by atoms with van der Waals surface area (Å²) in [6.45, 7) is 8.95. The Bertz CT molecular complexity index is 3230. The van der Waals surface area contributed by atoms with Gasteiger partial charge in [0, 0.05) is 78.0 Å². The van der Waals surface area contributed by atoms with Gasteiger partial charge in [-0.05, 0) is 57.3 Å². The van der Waals surface area contributed by atoms with Crippen LogP contribution >= 0.6 is 0 Å². The molecule has 10 aromatic rings. The summed E-state index contributed by atoms with van der Waals surface area (Å²) in [4.78, 5) is 9.62. The zero-order chi connectivity index (χ0) is 42.5. The van der Waals surface area contributed by atoms with E-state index in [-0.39, 0.29) is 26.5 Å². The Morgan fingerprint density at radius 1 is 0.516 bits per heavy atom. The van der Waals surface area contributed by atoms with Crippen LogP contribution in [0.5, 0.6) is 11.5 Å². The minimum Gasteiger partial charge on any atom is -0.509 e. The standard InChI is InChI=1S/C58H43N4O.Pt/c1-58(2,3)51-37-56(59-38-50(51)42-23-11-6-12-24-42)62-52-30-14-13-27-48(52)49-34-33-45(36-55(49)62)63-44-26-17-25-43(35-44)60-39-61(54-32-16-15-31-53(54)60)57-46(40-19-7-4-8-20-40)28-18-29-47(57)41-21-9-5-10-22-41;/h4-34,37-39H,1-3H3;/q-3;. The van der Waals surface area contributed by atoms with Gasteiger partial charge < -0.3 is 19.1 Å². The Labute approximate surface area is 389 Å². The van der Waals surface area contributed by atoms with Crippen molar-refractivity contribution in [1.82, 2.24) is 9.55 Å². The quantitative estimate of drug-likeness (QED) is 0.142. The Hall–Kier alpha value is -7.20. The Kier molecular flexibility index (Phi) is 10.7. The van der Waals surface area contributed by atoms with E-state index in [2.05, 4.69) is 230 Å². The van der Waals surface area contributed by atoms with Crippen molar-refractivity contribution < 1.29 is 25.8 Å². The number of rotatable bonds is 8. The second-order valence-corrected chi connectivity index (χ2v) is 16.9. The van der Waals surface area contributed by atoms with Crippen LogP contribution in [0.3, 0.4) is 0 Å². The summed E-state index contributed by atoms with van der Waals surface area (Å²) < 4.78 is 8.89. The molecule has 1 aliphatic heterocycles. The normalized spacial score (nSPS) is 12.4. The zero-order valence-corrected chi connectivity index (χ0v) is 37.9. The first-order valence-electron chi connectivity index (χ1n) is 21.4. The maximum atomic E-state index is 6.68. The van der Waals surface area contributed by atoms with Crippen LogP contribution in [0.1, 0.15) is 26.3 Å². The molecule has 0 radical (unpaired) electrons. The zero-order valence-electron chi connectivity index (χ0n) is 35.6. The largest absolute Gasteiger partial charge is 0.509 e. The molecule has 0 spiro atoms. The summed E-state index contributed by atoms with van der Waals surface area (Å²) >= 11 is 0. The van der Waals surface area contributed by atoms with Crippen LogP contribution in [0, 0.1) is 18.8 Å². The monoisotopic (exact) mass is 1010 g/mol. The Morgan fingerprint density at radius 2 is 1.08 bits per heavy atom. The molecule has 0 saturated carbocycles. The molecular formula is C58H43N4OPt-3. The second-order valence-electron chi connectivity index (χ2n) is 16.9. The summed E-state index contributed by atoms with van der Waals surface area (Å²) in [7, 11) is 0. The molecule has 5 nitrogen and oxygen atoms in total. The van der Waals surface area contributed by atoms with Crippen LogP contribution < -0.4 is 14.5 Å².